The summed E-state index contributed by atoms with van der Waals surface area (Å²) in [5, 5.41) is 22.3. The van der Waals surface area contributed by atoms with Gasteiger partial charge in [0, 0.05) is 11.6 Å². The van der Waals surface area contributed by atoms with E-state index in [1.165, 1.54) is 24.4 Å². The van der Waals surface area contributed by atoms with Crippen molar-refractivity contribution in [2.24, 2.45) is 5.10 Å². The quantitative estimate of drug-likeness (QED) is 0.408. The number of benzene rings is 1. The standard InChI is InChI=1S/C12H17N3O3/c1-15(2,3)8-12(18)14-13-7-9-4-5-10(16)6-11(9)17/h4-7H,8H2,1-3H3,(H2-,13,14,16,17,18)/p+1. The fraction of sp³-hybridized carbons (Fsp3) is 0.333. The Morgan fingerprint density at radius 2 is 2.06 bits per heavy atom. The monoisotopic (exact) mass is 252 g/mol. The topological polar surface area (TPSA) is 81.9 Å². The van der Waals surface area contributed by atoms with Crippen LogP contribution in [0.3, 0.4) is 0 Å². The molecular weight excluding hydrogens is 234 g/mol. The Kier molecular flexibility index (Phi) is 4.28. The lowest BCUT2D eigenvalue weighted by Gasteiger charge is -2.21. The second kappa shape index (κ2) is 5.50. The highest BCUT2D eigenvalue weighted by atomic mass is 16.3. The van der Waals surface area contributed by atoms with Crippen molar-refractivity contribution in [1.82, 2.24) is 5.43 Å². The van der Waals surface area contributed by atoms with Crippen LogP contribution in [0.1, 0.15) is 5.56 Å². The maximum absolute atomic E-state index is 11.4. The summed E-state index contributed by atoms with van der Waals surface area (Å²) >= 11 is 0. The Balaban J connectivity index is 2.58. The normalized spacial score (nSPS) is 11.7. The van der Waals surface area contributed by atoms with Gasteiger partial charge in [-0.2, -0.15) is 5.10 Å². The zero-order valence-corrected chi connectivity index (χ0v) is 10.7. The molecule has 6 heteroatoms. The summed E-state index contributed by atoms with van der Waals surface area (Å²) in [4.78, 5) is 11.4. The number of hydrogen-bond donors (Lipinski definition) is 3. The highest BCUT2D eigenvalue weighted by molar-refractivity contribution is 5.85. The molecule has 1 aromatic rings. The zero-order valence-electron chi connectivity index (χ0n) is 10.7. The van der Waals surface area contributed by atoms with Crippen LogP contribution in [0.25, 0.3) is 0 Å². The van der Waals surface area contributed by atoms with Gasteiger partial charge in [0.2, 0.25) is 0 Å². The van der Waals surface area contributed by atoms with Crippen LogP contribution in [0, 0.1) is 0 Å². The van der Waals surface area contributed by atoms with Crippen LogP contribution in [0.4, 0.5) is 0 Å². The van der Waals surface area contributed by atoms with E-state index in [1.807, 2.05) is 21.1 Å². The summed E-state index contributed by atoms with van der Waals surface area (Å²) in [7, 11) is 5.69. The smallest absolute Gasteiger partial charge is 0.295 e. The van der Waals surface area contributed by atoms with Gasteiger partial charge in [-0.15, -0.1) is 0 Å². The van der Waals surface area contributed by atoms with Crippen LogP contribution in [0.15, 0.2) is 23.3 Å². The average molecular weight is 252 g/mol. The van der Waals surface area contributed by atoms with E-state index in [-0.39, 0.29) is 17.4 Å². The maximum Gasteiger partial charge on any atom is 0.295 e. The number of aromatic hydroxyl groups is 2. The van der Waals surface area contributed by atoms with Gasteiger partial charge in [-0.25, -0.2) is 5.43 Å². The highest BCUT2D eigenvalue weighted by Crippen LogP contribution is 2.20. The number of phenolic OH excluding ortho intramolecular Hbond substituents is 2. The number of hydrazone groups is 1. The first-order valence-corrected chi connectivity index (χ1v) is 5.42. The Bertz CT molecular complexity index is 464. The fourth-order valence-corrected chi connectivity index (χ4v) is 1.28. The molecule has 0 saturated heterocycles. The fourth-order valence-electron chi connectivity index (χ4n) is 1.28. The van der Waals surface area contributed by atoms with Crippen molar-refractivity contribution in [2.75, 3.05) is 27.7 Å². The van der Waals surface area contributed by atoms with E-state index in [9.17, 15) is 9.90 Å². The van der Waals surface area contributed by atoms with E-state index in [4.69, 9.17) is 5.11 Å². The summed E-state index contributed by atoms with van der Waals surface area (Å²) in [6.45, 7) is 0.304. The number of nitrogens with zero attached hydrogens (tertiary/aromatic N) is 2. The van der Waals surface area contributed by atoms with Crippen molar-refractivity contribution in [3.8, 4) is 11.5 Å². The van der Waals surface area contributed by atoms with Gasteiger partial charge in [-0.1, -0.05) is 0 Å². The summed E-state index contributed by atoms with van der Waals surface area (Å²) in [6.07, 6.45) is 1.32. The minimum absolute atomic E-state index is 0.0290. The first-order chi connectivity index (χ1) is 8.28. The molecule has 0 atom stereocenters. The Morgan fingerprint density at radius 1 is 1.39 bits per heavy atom. The van der Waals surface area contributed by atoms with Crippen LogP contribution in [0.5, 0.6) is 11.5 Å². The molecule has 0 aliphatic carbocycles. The summed E-state index contributed by atoms with van der Waals surface area (Å²) in [6, 6.07) is 4.13. The van der Waals surface area contributed by atoms with E-state index < -0.39 is 0 Å². The van der Waals surface area contributed by atoms with E-state index in [0.29, 0.717) is 16.6 Å². The lowest BCUT2D eigenvalue weighted by Crippen LogP contribution is -2.43. The van der Waals surface area contributed by atoms with Gasteiger partial charge >= 0.3 is 0 Å². The number of carbonyl (C=O) groups is 1. The van der Waals surface area contributed by atoms with E-state index >= 15 is 0 Å². The Hall–Kier alpha value is -2.08. The highest BCUT2D eigenvalue weighted by Gasteiger charge is 2.13. The molecule has 1 amide bonds. The number of nitrogens with one attached hydrogen (secondary N) is 1. The van der Waals surface area contributed by atoms with Crippen LogP contribution in [-0.4, -0.2) is 54.5 Å². The molecule has 98 valence electrons. The number of likely N-dealkylation sites (N-methyl/N-ethyl adjacent to an activating group) is 1. The van der Waals surface area contributed by atoms with Gasteiger partial charge in [-0.05, 0) is 12.1 Å². The third-order valence-corrected chi connectivity index (χ3v) is 2.02. The van der Waals surface area contributed by atoms with Crippen molar-refractivity contribution in [2.45, 2.75) is 0 Å². The van der Waals surface area contributed by atoms with E-state index in [0.717, 1.165) is 0 Å². The molecule has 3 N–H and O–H groups in total. The van der Waals surface area contributed by atoms with Crippen molar-refractivity contribution >= 4 is 12.1 Å². The number of phenols is 2. The van der Waals surface area contributed by atoms with Crippen LogP contribution in [0.2, 0.25) is 0 Å². The molecule has 0 aromatic heterocycles. The average Bonchev–Trinajstić information content (AvgIpc) is 2.18. The van der Waals surface area contributed by atoms with Gasteiger partial charge in [0.15, 0.2) is 6.54 Å². The molecule has 6 nitrogen and oxygen atoms in total. The van der Waals surface area contributed by atoms with Crippen molar-refractivity contribution < 1.29 is 19.5 Å². The molecule has 0 spiro atoms. The second-order valence-corrected chi connectivity index (χ2v) is 4.98. The molecule has 1 rings (SSSR count). The molecule has 0 bridgehead atoms. The first-order valence-electron chi connectivity index (χ1n) is 5.42. The molecule has 0 heterocycles. The van der Waals surface area contributed by atoms with Crippen molar-refractivity contribution in [3.63, 3.8) is 0 Å². The number of hydrogen-bond acceptors (Lipinski definition) is 4. The predicted octanol–water partition coefficient (Wildman–Crippen LogP) is 0.254. The molecule has 1 aromatic carbocycles. The van der Waals surface area contributed by atoms with E-state index in [2.05, 4.69) is 10.5 Å². The second-order valence-electron chi connectivity index (χ2n) is 4.98. The van der Waals surface area contributed by atoms with Gasteiger partial charge in [0.1, 0.15) is 11.5 Å². The van der Waals surface area contributed by atoms with E-state index in [1.54, 1.807) is 0 Å². The summed E-state index contributed by atoms with van der Waals surface area (Å²) in [5.74, 6) is -0.338. The molecule has 0 aliphatic rings. The summed E-state index contributed by atoms with van der Waals surface area (Å²) in [5.41, 5.74) is 2.79. The minimum atomic E-state index is -0.211. The zero-order chi connectivity index (χ0) is 13.8. The van der Waals surface area contributed by atoms with Crippen LogP contribution >= 0.6 is 0 Å². The van der Waals surface area contributed by atoms with Gasteiger partial charge in [0.05, 0.1) is 27.4 Å². The predicted molar refractivity (Wildman–Crippen MR) is 68.4 cm³/mol. The Labute approximate surface area is 106 Å². The lowest BCUT2D eigenvalue weighted by atomic mass is 10.2. The molecule has 0 saturated carbocycles. The SMILES string of the molecule is C[N+](C)(C)CC(=O)NN=Cc1ccc(O)cc1O. The molecule has 0 unspecified atom stereocenters. The Morgan fingerprint density at radius 3 is 2.61 bits per heavy atom. The molecule has 18 heavy (non-hydrogen) atoms. The molecule has 0 fully saturated rings. The number of rotatable bonds is 4. The van der Waals surface area contributed by atoms with Crippen molar-refractivity contribution in [1.29, 1.82) is 0 Å². The maximum atomic E-state index is 11.4. The third kappa shape index (κ3) is 4.84. The molecular formula is C12H18N3O3+. The third-order valence-electron chi connectivity index (χ3n) is 2.02. The van der Waals surface area contributed by atoms with Crippen molar-refractivity contribution in [3.05, 3.63) is 23.8 Å². The van der Waals surface area contributed by atoms with Crippen LogP contribution < -0.4 is 5.43 Å². The van der Waals surface area contributed by atoms with Gasteiger partial charge in [0.25, 0.3) is 5.91 Å². The first kappa shape index (κ1) is 14.0. The summed E-state index contributed by atoms with van der Waals surface area (Å²) < 4.78 is 0.506. The minimum Gasteiger partial charge on any atom is -0.508 e. The van der Waals surface area contributed by atoms with Crippen LogP contribution in [-0.2, 0) is 4.79 Å². The number of carbonyl (C=O) groups excluding carboxylic acids is 1. The molecule has 0 aliphatic heterocycles. The molecule has 0 radical (unpaired) electrons. The van der Waals surface area contributed by atoms with Gasteiger partial charge in [-0.3, -0.25) is 4.79 Å². The largest absolute Gasteiger partial charge is 0.508 e. The van der Waals surface area contributed by atoms with Gasteiger partial charge < -0.3 is 14.7 Å². The lowest BCUT2D eigenvalue weighted by molar-refractivity contribution is -0.862. The number of quaternary nitrogens is 1. The number of amides is 1.